The van der Waals surface area contributed by atoms with Crippen molar-refractivity contribution in [3.63, 3.8) is 0 Å². The maximum absolute atomic E-state index is 12.6. The highest BCUT2D eigenvalue weighted by Crippen LogP contribution is 2.32. The minimum absolute atomic E-state index is 0.130. The lowest BCUT2D eigenvalue weighted by Crippen LogP contribution is -2.51. The number of ether oxygens (including phenoxy) is 3. The van der Waals surface area contributed by atoms with Gasteiger partial charge < -0.3 is 14.2 Å². The molecule has 0 unspecified atom stereocenters. The van der Waals surface area contributed by atoms with Crippen LogP contribution in [0, 0.1) is 0 Å². The maximum atomic E-state index is 12.6. The molecule has 0 spiro atoms. The van der Waals surface area contributed by atoms with Crippen molar-refractivity contribution in [3.05, 3.63) is 65.7 Å². The topological polar surface area (TPSA) is 94.2 Å². The number of carbonyl (C=O) groups is 3. The predicted octanol–water partition coefficient (Wildman–Crippen LogP) is 2.47. The number of methoxy groups -OCH3 is 1. The van der Waals surface area contributed by atoms with Crippen molar-refractivity contribution in [2.45, 2.75) is 19.1 Å². The molecule has 8 heteroatoms. The average molecular weight is 384 g/mol. The van der Waals surface area contributed by atoms with Crippen molar-refractivity contribution in [2.24, 2.45) is 0 Å². The SMILES string of the molecule is CCOC(=O)[C@@H]1[C@H](c2ccccc2)OC(=O)N1NC(=O)c1ccc(OC)cc1. The molecule has 146 valence electrons. The van der Waals surface area contributed by atoms with Gasteiger partial charge in [0, 0.05) is 5.56 Å². The molecule has 2 aromatic carbocycles. The van der Waals surface area contributed by atoms with Gasteiger partial charge in [0.25, 0.3) is 5.91 Å². The molecule has 8 nitrogen and oxygen atoms in total. The van der Waals surface area contributed by atoms with Crippen LogP contribution in [0.25, 0.3) is 0 Å². The second kappa shape index (κ2) is 8.43. The van der Waals surface area contributed by atoms with Crippen molar-refractivity contribution in [1.29, 1.82) is 0 Å². The molecule has 0 saturated carbocycles. The van der Waals surface area contributed by atoms with Gasteiger partial charge in [-0.2, -0.15) is 5.01 Å². The number of nitrogens with one attached hydrogen (secondary N) is 1. The molecule has 1 heterocycles. The predicted molar refractivity (Wildman–Crippen MR) is 98.4 cm³/mol. The summed E-state index contributed by atoms with van der Waals surface area (Å²) in [6, 6.07) is 14.0. The van der Waals surface area contributed by atoms with E-state index in [1.807, 2.05) is 6.07 Å². The Labute approximate surface area is 162 Å². The molecule has 2 atom stereocenters. The molecule has 0 aliphatic carbocycles. The smallest absolute Gasteiger partial charge is 0.430 e. The number of carbonyl (C=O) groups excluding carboxylic acids is 3. The van der Waals surface area contributed by atoms with Crippen molar-refractivity contribution in [2.75, 3.05) is 13.7 Å². The lowest BCUT2D eigenvalue weighted by Gasteiger charge is -2.23. The van der Waals surface area contributed by atoms with Gasteiger partial charge in [-0.1, -0.05) is 30.3 Å². The molecule has 2 aromatic rings. The van der Waals surface area contributed by atoms with E-state index in [0.717, 1.165) is 5.01 Å². The van der Waals surface area contributed by atoms with Crippen molar-refractivity contribution in [3.8, 4) is 5.75 Å². The quantitative estimate of drug-likeness (QED) is 0.769. The molecular weight excluding hydrogens is 364 g/mol. The zero-order valence-corrected chi connectivity index (χ0v) is 15.5. The summed E-state index contributed by atoms with van der Waals surface area (Å²) in [6.07, 6.45) is -1.74. The third-order valence-corrected chi connectivity index (χ3v) is 4.22. The largest absolute Gasteiger partial charge is 0.497 e. The van der Waals surface area contributed by atoms with Gasteiger partial charge in [-0.3, -0.25) is 10.2 Å². The van der Waals surface area contributed by atoms with Gasteiger partial charge in [0.2, 0.25) is 0 Å². The number of hydrogen-bond acceptors (Lipinski definition) is 6. The first-order chi connectivity index (χ1) is 13.5. The second-order valence-corrected chi connectivity index (χ2v) is 5.95. The molecule has 0 aromatic heterocycles. The molecule has 1 fully saturated rings. The van der Waals surface area contributed by atoms with Gasteiger partial charge in [0.1, 0.15) is 5.75 Å². The van der Waals surface area contributed by atoms with Crippen LogP contribution in [0.3, 0.4) is 0 Å². The Bertz CT molecular complexity index is 853. The molecule has 0 bridgehead atoms. The Morgan fingerprint density at radius 1 is 1.11 bits per heavy atom. The summed E-state index contributed by atoms with van der Waals surface area (Å²) in [5.74, 6) is -0.648. The number of hydrazine groups is 1. The van der Waals surface area contributed by atoms with Crippen LogP contribution >= 0.6 is 0 Å². The first kappa shape index (κ1) is 19.2. The Morgan fingerprint density at radius 2 is 1.79 bits per heavy atom. The van der Waals surface area contributed by atoms with Gasteiger partial charge in [-0.25, -0.2) is 9.59 Å². The van der Waals surface area contributed by atoms with Crippen LogP contribution in [0.15, 0.2) is 54.6 Å². The number of esters is 1. The van der Waals surface area contributed by atoms with Crippen LogP contribution in [-0.4, -0.2) is 42.7 Å². The summed E-state index contributed by atoms with van der Waals surface area (Å²) in [6.45, 7) is 1.79. The van der Waals surface area contributed by atoms with E-state index in [-0.39, 0.29) is 6.61 Å². The summed E-state index contributed by atoms with van der Waals surface area (Å²) in [5, 5.41) is 0.877. The van der Waals surface area contributed by atoms with Gasteiger partial charge in [0.15, 0.2) is 12.1 Å². The zero-order chi connectivity index (χ0) is 20.1. The van der Waals surface area contributed by atoms with Crippen LogP contribution in [0.4, 0.5) is 4.79 Å². The number of benzene rings is 2. The van der Waals surface area contributed by atoms with E-state index < -0.39 is 30.1 Å². The van der Waals surface area contributed by atoms with Crippen LogP contribution in [-0.2, 0) is 14.3 Å². The van der Waals surface area contributed by atoms with E-state index >= 15 is 0 Å². The van der Waals surface area contributed by atoms with Crippen molar-refractivity contribution >= 4 is 18.0 Å². The van der Waals surface area contributed by atoms with Crippen molar-refractivity contribution in [1.82, 2.24) is 10.4 Å². The van der Waals surface area contributed by atoms with Crippen molar-refractivity contribution < 1.29 is 28.6 Å². The van der Waals surface area contributed by atoms with E-state index in [2.05, 4.69) is 5.43 Å². The first-order valence-corrected chi connectivity index (χ1v) is 8.71. The number of cyclic esters (lactones) is 1. The third kappa shape index (κ3) is 3.90. The maximum Gasteiger partial charge on any atom is 0.430 e. The number of amides is 2. The fourth-order valence-electron chi connectivity index (χ4n) is 2.86. The normalized spacial score (nSPS) is 18.4. The zero-order valence-electron chi connectivity index (χ0n) is 15.5. The fourth-order valence-corrected chi connectivity index (χ4v) is 2.86. The fraction of sp³-hybridized carbons (Fsp3) is 0.250. The highest BCUT2D eigenvalue weighted by molar-refractivity contribution is 5.96. The molecule has 3 rings (SSSR count). The minimum Gasteiger partial charge on any atom is -0.497 e. The average Bonchev–Trinajstić information content (AvgIpc) is 3.05. The third-order valence-electron chi connectivity index (χ3n) is 4.22. The van der Waals surface area contributed by atoms with Gasteiger partial charge >= 0.3 is 12.1 Å². The summed E-state index contributed by atoms with van der Waals surface area (Å²) < 4.78 is 15.5. The molecule has 0 radical (unpaired) electrons. The molecule has 1 saturated heterocycles. The Hall–Kier alpha value is -3.55. The lowest BCUT2D eigenvalue weighted by molar-refractivity contribution is -0.149. The van der Waals surface area contributed by atoms with E-state index in [0.29, 0.717) is 16.9 Å². The molecule has 1 aliphatic heterocycles. The van der Waals surface area contributed by atoms with Crippen LogP contribution in [0.1, 0.15) is 28.9 Å². The molecule has 1 aliphatic rings. The van der Waals surface area contributed by atoms with E-state index in [1.54, 1.807) is 55.5 Å². The second-order valence-electron chi connectivity index (χ2n) is 5.95. The molecule has 1 N–H and O–H groups in total. The van der Waals surface area contributed by atoms with Gasteiger partial charge in [-0.05, 0) is 36.8 Å². The molecule has 28 heavy (non-hydrogen) atoms. The highest BCUT2D eigenvalue weighted by Gasteiger charge is 2.49. The van der Waals surface area contributed by atoms with E-state index in [1.165, 1.54) is 7.11 Å². The van der Waals surface area contributed by atoms with Crippen LogP contribution < -0.4 is 10.2 Å². The molecular formula is C20H20N2O6. The van der Waals surface area contributed by atoms with Crippen LogP contribution in [0.2, 0.25) is 0 Å². The van der Waals surface area contributed by atoms with Gasteiger partial charge in [0.05, 0.1) is 13.7 Å². The van der Waals surface area contributed by atoms with Crippen LogP contribution in [0.5, 0.6) is 5.75 Å². The monoisotopic (exact) mass is 384 g/mol. The first-order valence-electron chi connectivity index (χ1n) is 8.71. The van der Waals surface area contributed by atoms with Gasteiger partial charge in [-0.15, -0.1) is 0 Å². The molecule has 2 amide bonds. The number of hydrogen-bond donors (Lipinski definition) is 1. The van der Waals surface area contributed by atoms with E-state index in [9.17, 15) is 14.4 Å². The highest BCUT2D eigenvalue weighted by atomic mass is 16.6. The minimum atomic E-state index is -1.14. The summed E-state index contributed by atoms with van der Waals surface area (Å²) in [4.78, 5) is 37.5. The summed E-state index contributed by atoms with van der Waals surface area (Å²) >= 11 is 0. The number of rotatable bonds is 6. The van der Waals surface area contributed by atoms with E-state index in [4.69, 9.17) is 14.2 Å². The summed E-state index contributed by atoms with van der Waals surface area (Å²) in [5.41, 5.74) is 3.36. The Balaban J connectivity index is 1.85. The summed E-state index contributed by atoms with van der Waals surface area (Å²) in [7, 11) is 1.52. The lowest BCUT2D eigenvalue weighted by atomic mass is 10.0. The Kier molecular flexibility index (Phi) is 5.78. The number of nitrogens with zero attached hydrogens (tertiary/aromatic N) is 1. The Morgan fingerprint density at radius 3 is 2.39 bits per heavy atom. The standard InChI is InChI=1S/C20H20N2O6/c1-3-27-19(24)16-17(13-7-5-4-6-8-13)28-20(25)22(16)21-18(23)14-9-11-15(26-2)12-10-14/h4-12,16-17H,3H2,1-2H3,(H,21,23)/t16-,17-/m0/s1.